The van der Waals surface area contributed by atoms with Crippen molar-refractivity contribution in [1.82, 2.24) is 4.98 Å². The van der Waals surface area contributed by atoms with E-state index < -0.39 is 0 Å². The van der Waals surface area contributed by atoms with E-state index >= 15 is 0 Å². The molecule has 0 amide bonds. The van der Waals surface area contributed by atoms with Gasteiger partial charge in [0.2, 0.25) is 0 Å². The van der Waals surface area contributed by atoms with E-state index in [-0.39, 0.29) is 5.75 Å². The predicted octanol–water partition coefficient (Wildman–Crippen LogP) is 5.31. The van der Waals surface area contributed by atoms with Crippen LogP contribution in [0.2, 0.25) is 10.0 Å². The number of aromatic hydroxyl groups is 1. The van der Waals surface area contributed by atoms with Gasteiger partial charge in [-0.25, -0.2) is 0 Å². The Kier molecular flexibility index (Phi) is 5.99. The van der Waals surface area contributed by atoms with Crippen LogP contribution in [0.25, 0.3) is 11.1 Å². The van der Waals surface area contributed by atoms with Crippen LogP contribution in [-0.2, 0) is 6.42 Å². The minimum absolute atomic E-state index is 0.168. The Morgan fingerprint density at radius 1 is 1.17 bits per heavy atom. The molecule has 0 saturated carbocycles. The van der Waals surface area contributed by atoms with Crippen LogP contribution in [0.5, 0.6) is 5.75 Å². The summed E-state index contributed by atoms with van der Waals surface area (Å²) < 4.78 is 5.12. The first-order chi connectivity index (χ1) is 11.3. The first-order valence-corrected chi connectivity index (χ1v) is 8.33. The number of nitrogens with two attached hydrogens (primary N) is 2. The summed E-state index contributed by atoms with van der Waals surface area (Å²) in [4.78, 5) is 3.16. The maximum Gasteiger partial charge on any atom is 0.266 e. The molecule has 0 spiro atoms. The number of rotatable bonds is 2. The fourth-order valence-corrected chi connectivity index (χ4v) is 2.73. The van der Waals surface area contributed by atoms with Crippen LogP contribution in [0.4, 0.5) is 11.4 Å². The van der Waals surface area contributed by atoms with Crippen molar-refractivity contribution in [1.29, 1.82) is 0 Å². The molecule has 6 N–H and O–H groups in total. The number of halogens is 2. The summed E-state index contributed by atoms with van der Waals surface area (Å²) in [6.45, 7) is 2.04. The summed E-state index contributed by atoms with van der Waals surface area (Å²) in [7, 11) is 0. The van der Waals surface area contributed by atoms with E-state index in [0.717, 1.165) is 23.9 Å². The number of aromatic nitrogens is 1. The molecule has 3 aromatic rings. The third kappa shape index (κ3) is 4.35. The fraction of sp³-hybridized carbons (Fsp3) is 0.188. The molecule has 0 radical (unpaired) electrons. The molecular formula is C16H17Cl2N3O2S. The first-order valence-electron chi connectivity index (χ1n) is 7.16. The number of oxazole rings is 1. The Morgan fingerprint density at radius 2 is 1.88 bits per heavy atom. The van der Waals surface area contributed by atoms with E-state index in [4.69, 9.17) is 51.3 Å². The van der Waals surface area contributed by atoms with Crippen molar-refractivity contribution in [2.45, 2.75) is 19.8 Å². The van der Waals surface area contributed by atoms with E-state index in [1.54, 1.807) is 24.3 Å². The molecule has 0 aliphatic rings. The molecule has 1 heterocycles. The Morgan fingerprint density at radius 3 is 2.54 bits per heavy atom. The standard InChI is InChI=1S/C9H12ClNO.C7H5ClN2OS/c1-2-3-6-4-7(10)5-8(11)9(6)12;8-3-1-6-5(2-4(3)9)10-7(12)11-6/h4-5,12H,2-3,11H2,1H3;1-2H,9H2,(H,10,12). The van der Waals surface area contributed by atoms with Gasteiger partial charge >= 0.3 is 0 Å². The summed E-state index contributed by atoms with van der Waals surface area (Å²) in [6.07, 6.45) is 1.77. The molecule has 128 valence electrons. The molecule has 3 rings (SSSR count). The normalized spacial score (nSPS) is 10.5. The van der Waals surface area contributed by atoms with Gasteiger partial charge in [-0.05, 0) is 42.4 Å². The highest BCUT2D eigenvalue weighted by Crippen LogP contribution is 2.29. The number of H-pyrrole nitrogens is 1. The molecule has 1 aromatic heterocycles. The third-order valence-corrected chi connectivity index (χ3v) is 3.97. The van der Waals surface area contributed by atoms with Crippen LogP contribution < -0.4 is 11.5 Å². The Balaban J connectivity index is 0.000000174. The number of fused-ring (bicyclic) bond motifs is 1. The molecule has 0 unspecified atom stereocenters. The van der Waals surface area contributed by atoms with Gasteiger partial charge in [-0.3, -0.25) is 0 Å². The second kappa shape index (κ2) is 7.79. The summed E-state index contributed by atoms with van der Waals surface area (Å²) in [5.74, 6) is 0.168. The topological polar surface area (TPSA) is 101 Å². The molecule has 8 heteroatoms. The summed E-state index contributed by atoms with van der Waals surface area (Å²) in [5, 5.41) is 10.5. The van der Waals surface area contributed by atoms with Crippen molar-refractivity contribution in [3.63, 3.8) is 0 Å². The van der Waals surface area contributed by atoms with Crippen molar-refractivity contribution in [3.05, 3.63) is 44.7 Å². The van der Waals surface area contributed by atoms with E-state index in [0.29, 0.717) is 31.8 Å². The van der Waals surface area contributed by atoms with Gasteiger partial charge in [0.1, 0.15) is 5.75 Å². The van der Waals surface area contributed by atoms with E-state index in [1.165, 1.54) is 0 Å². The van der Waals surface area contributed by atoms with E-state index in [2.05, 4.69) is 4.98 Å². The van der Waals surface area contributed by atoms with Gasteiger partial charge in [0.05, 0.1) is 21.9 Å². The number of aryl methyl sites for hydroxylation is 1. The van der Waals surface area contributed by atoms with Crippen molar-refractivity contribution in [2.75, 3.05) is 11.5 Å². The Bertz CT molecular complexity index is 880. The SMILES string of the molecule is CCCc1cc(Cl)cc(N)c1O.Nc1cc2[nH]c(=S)oc2cc1Cl. The van der Waals surface area contributed by atoms with Crippen molar-refractivity contribution >= 4 is 57.9 Å². The monoisotopic (exact) mass is 385 g/mol. The lowest BCUT2D eigenvalue weighted by Gasteiger charge is -2.06. The van der Waals surface area contributed by atoms with Crippen LogP contribution in [0.1, 0.15) is 18.9 Å². The lowest BCUT2D eigenvalue weighted by molar-refractivity contribution is 0.470. The van der Waals surface area contributed by atoms with E-state index in [1.807, 2.05) is 6.92 Å². The largest absolute Gasteiger partial charge is 0.506 e. The molecule has 0 aliphatic carbocycles. The van der Waals surface area contributed by atoms with Crippen LogP contribution in [-0.4, -0.2) is 10.1 Å². The molecule has 2 aromatic carbocycles. The first kappa shape index (κ1) is 18.4. The minimum atomic E-state index is 0.168. The quantitative estimate of drug-likeness (QED) is 0.272. The van der Waals surface area contributed by atoms with Crippen LogP contribution in [0.15, 0.2) is 28.7 Å². The van der Waals surface area contributed by atoms with Crippen LogP contribution in [0, 0.1) is 4.84 Å². The number of hydrogen-bond donors (Lipinski definition) is 4. The maximum atomic E-state index is 9.47. The van der Waals surface area contributed by atoms with Crippen LogP contribution in [0.3, 0.4) is 0 Å². The van der Waals surface area contributed by atoms with Gasteiger partial charge in [0.15, 0.2) is 5.58 Å². The van der Waals surface area contributed by atoms with Crippen molar-refractivity contribution in [2.24, 2.45) is 0 Å². The second-order valence-corrected chi connectivity index (χ2v) is 6.35. The lowest BCUT2D eigenvalue weighted by atomic mass is 10.1. The molecule has 0 saturated heterocycles. The number of anilines is 2. The Hall–Kier alpha value is -1.89. The Labute approximate surface area is 154 Å². The molecule has 24 heavy (non-hydrogen) atoms. The fourth-order valence-electron chi connectivity index (χ4n) is 2.13. The summed E-state index contributed by atoms with van der Waals surface area (Å²) >= 11 is 16.3. The van der Waals surface area contributed by atoms with Gasteiger partial charge in [-0.2, -0.15) is 0 Å². The molecule has 0 bridgehead atoms. The number of nitrogen functional groups attached to an aromatic ring is 2. The van der Waals surface area contributed by atoms with Gasteiger partial charge in [-0.15, -0.1) is 0 Å². The van der Waals surface area contributed by atoms with Crippen LogP contribution >= 0.6 is 35.4 Å². The highest BCUT2D eigenvalue weighted by molar-refractivity contribution is 7.71. The second-order valence-electron chi connectivity index (χ2n) is 5.14. The predicted molar refractivity (Wildman–Crippen MR) is 102 cm³/mol. The zero-order chi connectivity index (χ0) is 17.9. The van der Waals surface area contributed by atoms with E-state index in [9.17, 15) is 5.11 Å². The summed E-state index contributed by atoms with van der Waals surface area (Å²) in [6, 6.07) is 6.63. The number of aromatic amines is 1. The number of nitrogens with one attached hydrogen (secondary N) is 1. The van der Waals surface area contributed by atoms with Crippen molar-refractivity contribution in [3.8, 4) is 5.75 Å². The molecular weight excluding hydrogens is 369 g/mol. The zero-order valence-electron chi connectivity index (χ0n) is 12.9. The highest BCUT2D eigenvalue weighted by atomic mass is 35.5. The molecule has 0 atom stereocenters. The van der Waals surface area contributed by atoms with Gasteiger partial charge in [0, 0.05) is 11.1 Å². The number of phenols is 1. The maximum absolute atomic E-state index is 9.47. The molecule has 0 aliphatic heterocycles. The number of phenolic OH excluding ortho intramolecular Hbond substituents is 1. The smallest absolute Gasteiger partial charge is 0.266 e. The highest BCUT2D eigenvalue weighted by Gasteiger charge is 2.05. The van der Waals surface area contributed by atoms with Crippen molar-refractivity contribution < 1.29 is 9.52 Å². The lowest BCUT2D eigenvalue weighted by Crippen LogP contribution is -1.91. The molecule has 0 fully saturated rings. The average molecular weight is 386 g/mol. The number of benzene rings is 2. The summed E-state index contributed by atoms with van der Waals surface area (Å²) in [5.41, 5.74) is 14.2. The number of hydrogen-bond acceptors (Lipinski definition) is 5. The molecule has 5 nitrogen and oxygen atoms in total. The van der Waals surface area contributed by atoms with Gasteiger partial charge in [0.25, 0.3) is 4.84 Å². The van der Waals surface area contributed by atoms with Gasteiger partial charge in [-0.1, -0.05) is 36.5 Å². The minimum Gasteiger partial charge on any atom is -0.506 e. The zero-order valence-corrected chi connectivity index (χ0v) is 15.2. The third-order valence-electron chi connectivity index (χ3n) is 3.24. The average Bonchev–Trinajstić information content (AvgIpc) is 2.85. The van der Waals surface area contributed by atoms with Gasteiger partial charge < -0.3 is 26.0 Å².